The molecule has 0 aliphatic carbocycles. The third-order valence-corrected chi connectivity index (χ3v) is 6.30. The summed E-state index contributed by atoms with van der Waals surface area (Å²) in [5, 5.41) is 7.69. The summed E-state index contributed by atoms with van der Waals surface area (Å²) in [5.74, 6) is 1.71. The van der Waals surface area contributed by atoms with Crippen LogP contribution in [-0.2, 0) is 5.75 Å². The van der Waals surface area contributed by atoms with Gasteiger partial charge in [0.15, 0.2) is 11.3 Å². The minimum Gasteiger partial charge on any atom is -0.495 e. The van der Waals surface area contributed by atoms with Crippen LogP contribution in [0.2, 0.25) is 0 Å². The molecule has 4 nitrogen and oxygen atoms in total. The monoisotopic (exact) mass is 395 g/mol. The lowest BCUT2D eigenvalue weighted by atomic mass is 10.2. The van der Waals surface area contributed by atoms with Crippen molar-refractivity contribution in [3.63, 3.8) is 0 Å². The van der Waals surface area contributed by atoms with Crippen molar-refractivity contribution in [3.8, 4) is 5.75 Å². The Morgan fingerprint density at radius 3 is 2.81 bits per heavy atom. The van der Waals surface area contributed by atoms with Crippen LogP contribution in [0.3, 0.4) is 0 Å². The number of aryl methyl sites for hydroxylation is 1. The number of thiophene rings is 1. The van der Waals surface area contributed by atoms with E-state index in [-0.39, 0.29) is 6.17 Å². The van der Waals surface area contributed by atoms with E-state index < -0.39 is 0 Å². The van der Waals surface area contributed by atoms with Gasteiger partial charge in [0.2, 0.25) is 0 Å². The molecule has 138 valence electrons. The van der Waals surface area contributed by atoms with Crippen LogP contribution < -0.4 is 15.1 Å². The highest BCUT2D eigenvalue weighted by molar-refractivity contribution is 8.13. The molecule has 3 aromatic rings. The maximum atomic E-state index is 5.62. The molecule has 0 amide bonds. The molecule has 4 rings (SSSR count). The number of ether oxygens (including phenoxy) is 1. The van der Waals surface area contributed by atoms with E-state index in [4.69, 9.17) is 4.74 Å². The van der Waals surface area contributed by atoms with E-state index in [1.54, 1.807) is 30.2 Å². The van der Waals surface area contributed by atoms with E-state index in [1.807, 2.05) is 18.2 Å². The molecule has 0 fully saturated rings. The van der Waals surface area contributed by atoms with Gasteiger partial charge in [-0.2, -0.15) is 5.10 Å². The number of nitrogens with zero attached hydrogens (tertiary/aromatic N) is 2. The molecule has 2 aromatic carbocycles. The minimum atomic E-state index is -0.0266. The van der Waals surface area contributed by atoms with Gasteiger partial charge in [0.05, 0.1) is 12.8 Å². The van der Waals surface area contributed by atoms with Crippen LogP contribution in [0.25, 0.3) is 0 Å². The van der Waals surface area contributed by atoms with Crippen LogP contribution in [0, 0.1) is 6.92 Å². The molecular weight excluding hydrogens is 374 g/mol. The summed E-state index contributed by atoms with van der Waals surface area (Å²) in [6.07, 6.45) is -0.0266. The van der Waals surface area contributed by atoms with Gasteiger partial charge in [-0.25, -0.2) is 0 Å². The molecule has 1 aromatic heterocycles. The summed E-state index contributed by atoms with van der Waals surface area (Å²) >= 11 is 3.45. The second kappa shape index (κ2) is 8.06. The fraction of sp³-hybridized carbons (Fsp3) is 0.190. The van der Waals surface area contributed by atoms with Gasteiger partial charge in [-0.1, -0.05) is 59.8 Å². The van der Waals surface area contributed by atoms with Gasteiger partial charge in [-0.05, 0) is 36.1 Å². The Morgan fingerprint density at radius 1 is 1.15 bits per heavy atom. The highest BCUT2D eigenvalue weighted by Crippen LogP contribution is 2.39. The van der Waals surface area contributed by atoms with E-state index in [1.165, 1.54) is 16.0 Å². The first-order valence-corrected chi connectivity index (χ1v) is 10.6. The predicted octanol–water partition coefficient (Wildman–Crippen LogP) is 5.38. The average molecular weight is 396 g/mol. The Bertz CT molecular complexity index is 940. The second-order valence-corrected chi connectivity index (χ2v) is 8.18. The molecule has 6 heteroatoms. The average Bonchev–Trinajstić information content (AvgIpc) is 3.36. The van der Waals surface area contributed by atoms with Gasteiger partial charge in [-0.3, -0.25) is 10.3 Å². The number of hydrazone groups is 1. The van der Waals surface area contributed by atoms with E-state index in [0.717, 1.165) is 22.4 Å². The number of para-hydroxylation sites is 2. The van der Waals surface area contributed by atoms with E-state index >= 15 is 0 Å². The molecule has 1 N–H and O–H groups in total. The minimum absolute atomic E-state index is 0.0266. The highest BCUT2D eigenvalue weighted by Gasteiger charge is 2.33. The zero-order valence-corrected chi connectivity index (χ0v) is 16.9. The van der Waals surface area contributed by atoms with Crippen LogP contribution >= 0.6 is 23.1 Å². The van der Waals surface area contributed by atoms with Crippen LogP contribution in [0.15, 0.2) is 71.1 Å². The molecular formula is C21H21N3OS2. The number of hydrogen-bond donors (Lipinski definition) is 1. The lowest BCUT2D eigenvalue weighted by molar-refractivity contribution is 0.414. The summed E-state index contributed by atoms with van der Waals surface area (Å²) in [7, 11) is 1.71. The number of nitrogens with one attached hydrogen (secondary N) is 1. The molecule has 1 aliphatic rings. The van der Waals surface area contributed by atoms with Crippen molar-refractivity contribution in [2.24, 2.45) is 5.10 Å². The largest absolute Gasteiger partial charge is 0.495 e. The van der Waals surface area contributed by atoms with Gasteiger partial charge in [-0.15, -0.1) is 11.3 Å². The molecule has 0 saturated heterocycles. The number of methoxy groups -OCH3 is 1. The van der Waals surface area contributed by atoms with Crippen molar-refractivity contribution in [1.82, 2.24) is 5.43 Å². The normalized spacial score (nSPS) is 16.1. The van der Waals surface area contributed by atoms with Crippen molar-refractivity contribution < 1.29 is 4.74 Å². The third kappa shape index (κ3) is 3.82. The maximum absolute atomic E-state index is 5.62. The zero-order chi connectivity index (χ0) is 18.6. The lowest BCUT2D eigenvalue weighted by Gasteiger charge is -2.27. The van der Waals surface area contributed by atoms with Crippen molar-refractivity contribution in [2.45, 2.75) is 18.8 Å². The maximum Gasteiger partial charge on any atom is 0.190 e. The number of benzene rings is 2. The van der Waals surface area contributed by atoms with Crippen molar-refractivity contribution in [1.29, 1.82) is 0 Å². The summed E-state index contributed by atoms with van der Waals surface area (Å²) < 4.78 is 5.62. The van der Waals surface area contributed by atoms with Gasteiger partial charge >= 0.3 is 0 Å². The van der Waals surface area contributed by atoms with Crippen LogP contribution in [0.4, 0.5) is 5.69 Å². The summed E-state index contributed by atoms with van der Waals surface area (Å²) in [6, 6.07) is 20.9. The molecule has 0 radical (unpaired) electrons. The topological polar surface area (TPSA) is 36.9 Å². The Kier molecular flexibility index (Phi) is 5.36. The molecule has 1 aliphatic heterocycles. The molecule has 0 spiro atoms. The molecule has 27 heavy (non-hydrogen) atoms. The van der Waals surface area contributed by atoms with E-state index in [0.29, 0.717) is 0 Å². The number of amidine groups is 1. The zero-order valence-electron chi connectivity index (χ0n) is 15.3. The van der Waals surface area contributed by atoms with Crippen LogP contribution in [0.5, 0.6) is 5.75 Å². The first kappa shape index (κ1) is 17.9. The quantitative estimate of drug-likeness (QED) is 0.629. The second-order valence-electron chi connectivity index (χ2n) is 6.26. The molecule has 1 unspecified atom stereocenters. The summed E-state index contributed by atoms with van der Waals surface area (Å²) in [6.45, 7) is 2.12. The smallest absolute Gasteiger partial charge is 0.190 e. The van der Waals surface area contributed by atoms with E-state index in [9.17, 15) is 0 Å². The fourth-order valence-electron chi connectivity index (χ4n) is 3.10. The first-order chi connectivity index (χ1) is 13.3. The number of thioether (sulfide) groups is 1. The Balaban J connectivity index is 1.63. The van der Waals surface area contributed by atoms with Crippen LogP contribution in [-0.4, -0.2) is 12.3 Å². The number of hydrogen-bond acceptors (Lipinski definition) is 6. The van der Waals surface area contributed by atoms with Crippen molar-refractivity contribution in [3.05, 3.63) is 82.0 Å². The molecule has 0 bridgehead atoms. The Morgan fingerprint density at radius 2 is 2.04 bits per heavy atom. The number of anilines is 1. The fourth-order valence-corrected chi connectivity index (χ4v) is 4.79. The SMILES string of the molecule is COc1ccccc1N1C(SCc2cccc(C)c2)=NNC1c1cccs1. The standard InChI is InChI=1S/C21H21N3OS2/c1-15-7-5-8-16(13-15)14-27-21-23-22-20(19-11-6-12-26-19)24(21)17-9-3-4-10-18(17)25-2/h3-13,20,22H,14H2,1-2H3. The molecule has 0 saturated carbocycles. The highest BCUT2D eigenvalue weighted by atomic mass is 32.2. The Hall–Kier alpha value is -2.44. The van der Waals surface area contributed by atoms with Crippen molar-refractivity contribution >= 4 is 34.0 Å². The van der Waals surface area contributed by atoms with Crippen LogP contribution in [0.1, 0.15) is 22.2 Å². The lowest BCUT2D eigenvalue weighted by Crippen LogP contribution is -2.32. The van der Waals surface area contributed by atoms with Gasteiger partial charge in [0.25, 0.3) is 0 Å². The predicted molar refractivity (Wildman–Crippen MR) is 116 cm³/mol. The van der Waals surface area contributed by atoms with Gasteiger partial charge in [0, 0.05) is 10.6 Å². The molecule has 1 atom stereocenters. The van der Waals surface area contributed by atoms with Crippen molar-refractivity contribution in [2.75, 3.05) is 12.0 Å². The summed E-state index contributed by atoms with van der Waals surface area (Å²) in [4.78, 5) is 3.45. The summed E-state index contributed by atoms with van der Waals surface area (Å²) in [5.41, 5.74) is 6.89. The third-order valence-electron chi connectivity index (χ3n) is 4.35. The number of rotatable bonds is 5. The van der Waals surface area contributed by atoms with Gasteiger partial charge in [0.1, 0.15) is 5.75 Å². The van der Waals surface area contributed by atoms with Gasteiger partial charge < -0.3 is 4.74 Å². The first-order valence-electron chi connectivity index (χ1n) is 8.73. The Labute approximate surface area is 167 Å². The van der Waals surface area contributed by atoms with E-state index in [2.05, 4.69) is 70.2 Å². The molecule has 2 heterocycles.